The summed E-state index contributed by atoms with van der Waals surface area (Å²) in [5.41, 5.74) is 4.38. The molecular weight excluding hydrogens is 410 g/mol. The first-order valence-corrected chi connectivity index (χ1v) is 12.8. The van der Waals surface area contributed by atoms with E-state index in [4.69, 9.17) is 0 Å². The normalized spacial score (nSPS) is 15.4. The zero-order valence-corrected chi connectivity index (χ0v) is 19.7. The van der Waals surface area contributed by atoms with E-state index in [0.717, 1.165) is 36.2 Å². The summed E-state index contributed by atoms with van der Waals surface area (Å²) in [6.45, 7) is 7.85. The van der Waals surface area contributed by atoms with Gasteiger partial charge in [0, 0.05) is 24.5 Å². The number of carbonyl (C=O) groups is 1. The Morgan fingerprint density at radius 1 is 1.03 bits per heavy atom. The van der Waals surface area contributed by atoms with Crippen molar-refractivity contribution in [3.8, 4) is 0 Å². The second-order valence-electron chi connectivity index (χ2n) is 8.34. The molecule has 0 radical (unpaired) electrons. The Morgan fingerprint density at radius 3 is 2.23 bits per heavy atom. The molecule has 0 saturated carbocycles. The molecular formula is C24H33N3O3S. The SMILES string of the molecule is CCC(C(=O)Nc1ccc(N2CCCCC2)cc1)N(c1ccc(C)c(C)c1)S(C)(=O)=O. The van der Waals surface area contributed by atoms with Gasteiger partial charge in [-0.15, -0.1) is 0 Å². The van der Waals surface area contributed by atoms with E-state index in [9.17, 15) is 13.2 Å². The number of aryl methyl sites for hydroxylation is 2. The van der Waals surface area contributed by atoms with Crippen molar-refractivity contribution in [2.24, 2.45) is 0 Å². The number of nitrogens with one attached hydrogen (secondary N) is 1. The van der Waals surface area contributed by atoms with Gasteiger partial charge in [0.15, 0.2) is 0 Å². The number of rotatable bonds is 7. The summed E-state index contributed by atoms with van der Waals surface area (Å²) in [6, 6.07) is 12.4. The summed E-state index contributed by atoms with van der Waals surface area (Å²) in [6.07, 6.45) is 5.19. The molecule has 2 aromatic carbocycles. The Balaban J connectivity index is 1.80. The molecule has 1 N–H and O–H groups in total. The van der Waals surface area contributed by atoms with Gasteiger partial charge in [-0.05, 0) is 87.1 Å². The second kappa shape index (κ2) is 9.73. The maximum absolute atomic E-state index is 13.1. The van der Waals surface area contributed by atoms with Crippen molar-refractivity contribution < 1.29 is 13.2 Å². The lowest BCUT2D eigenvalue weighted by molar-refractivity contribution is -0.117. The molecule has 1 fully saturated rings. The van der Waals surface area contributed by atoms with Gasteiger partial charge in [-0.2, -0.15) is 0 Å². The Kier molecular flexibility index (Phi) is 7.26. The first-order valence-electron chi connectivity index (χ1n) is 10.9. The molecule has 1 aliphatic rings. The maximum atomic E-state index is 13.1. The highest BCUT2D eigenvalue weighted by molar-refractivity contribution is 7.92. The largest absolute Gasteiger partial charge is 0.372 e. The van der Waals surface area contributed by atoms with Crippen molar-refractivity contribution in [1.29, 1.82) is 0 Å². The lowest BCUT2D eigenvalue weighted by atomic mass is 10.1. The molecule has 168 valence electrons. The Morgan fingerprint density at radius 2 is 1.68 bits per heavy atom. The molecule has 0 aliphatic carbocycles. The second-order valence-corrected chi connectivity index (χ2v) is 10.2. The van der Waals surface area contributed by atoms with Crippen LogP contribution in [-0.2, 0) is 14.8 Å². The fourth-order valence-corrected chi connectivity index (χ4v) is 5.26. The van der Waals surface area contributed by atoms with Crippen molar-refractivity contribution in [2.45, 2.75) is 52.5 Å². The van der Waals surface area contributed by atoms with E-state index >= 15 is 0 Å². The summed E-state index contributed by atoms with van der Waals surface area (Å²) in [4.78, 5) is 15.5. The zero-order valence-electron chi connectivity index (χ0n) is 18.9. The summed E-state index contributed by atoms with van der Waals surface area (Å²) in [5.74, 6) is -0.336. The summed E-state index contributed by atoms with van der Waals surface area (Å²) < 4.78 is 26.5. The maximum Gasteiger partial charge on any atom is 0.248 e. The minimum absolute atomic E-state index is 0.336. The van der Waals surface area contributed by atoms with Gasteiger partial charge in [-0.1, -0.05) is 13.0 Å². The first-order chi connectivity index (χ1) is 14.7. The summed E-state index contributed by atoms with van der Waals surface area (Å²) >= 11 is 0. The van der Waals surface area contributed by atoms with Crippen molar-refractivity contribution in [1.82, 2.24) is 0 Å². The molecule has 1 heterocycles. The van der Waals surface area contributed by atoms with Crippen molar-refractivity contribution in [2.75, 3.05) is 33.9 Å². The van der Waals surface area contributed by atoms with Crippen LogP contribution < -0.4 is 14.5 Å². The number of anilines is 3. The van der Waals surface area contributed by atoms with Crippen molar-refractivity contribution in [3.63, 3.8) is 0 Å². The van der Waals surface area contributed by atoms with Gasteiger partial charge in [0.1, 0.15) is 6.04 Å². The van der Waals surface area contributed by atoms with Crippen LogP contribution >= 0.6 is 0 Å². The monoisotopic (exact) mass is 443 g/mol. The summed E-state index contributed by atoms with van der Waals surface area (Å²) in [5, 5.41) is 2.91. The van der Waals surface area contributed by atoms with Gasteiger partial charge in [-0.3, -0.25) is 9.10 Å². The number of nitrogens with zero attached hydrogens (tertiary/aromatic N) is 2. The first kappa shape index (κ1) is 23.1. The van der Waals surface area contributed by atoms with Crippen LogP contribution in [0, 0.1) is 13.8 Å². The van der Waals surface area contributed by atoms with Crippen LogP contribution in [0.1, 0.15) is 43.7 Å². The van der Waals surface area contributed by atoms with E-state index in [2.05, 4.69) is 10.2 Å². The molecule has 1 atom stereocenters. The van der Waals surface area contributed by atoms with E-state index in [1.807, 2.05) is 57.2 Å². The van der Waals surface area contributed by atoms with E-state index in [1.54, 1.807) is 6.07 Å². The molecule has 31 heavy (non-hydrogen) atoms. The average Bonchev–Trinajstić information content (AvgIpc) is 2.74. The van der Waals surface area contributed by atoms with E-state index < -0.39 is 16.1 Å². The van der Waals surface area contributed by atoms with Crippen LogP contribution in [0.3, 0.4) is 0 Å². The van der Waals surface area contributed by atoms with Gasteiger partial charge in [-0.25, -0.2) is 8.42 Å². The highest BCUT2D eigenvalue weighted by Crippen LogP contribution is 2.26. The number of sulfonamides is 1. The number of piperidine rings is 1. The minimum Gasteiger partial charge on any atom is -0.372 e. The van der Waals surface area contributed by atoms with E-state index in [-0.39, 0.29) is 5.91 Å². The molecule has 1 saturated heterocycles. The van der Waals surface area contributed by atoms with Gasteiger partial charge in [0.2, 0.25) is 15.9 Å². The number of carbonyl (C=O) groups excluding carboxylic acids is 1. The molecule has 2 aromatic rings. The Bertz CT molecular complexity index is 1010. The van der Waals surface area contributed by atoms with E-state index in [1.165, 1.54) is 23.6 Å². The lowest BCUT2D eigenvalue weighted by Crippen LogP contribution is -2.47. The topological polar surface area (TPSA) is 69.7 Å². The minimum atomic E-state index is -3.65. The van der Waals surface area contributed by atoms with Crippen LogP contribution in [-0.4, -0.2) is 39.7 Å². The molecule has 6 nitrogen and oxygen atoms in total. The number of hydrogen-bond donors (Lipinski definition) is 1. The molecule has 1 aliphatic heterocycles. The molecule has 1 unspecified atom stereocenters. The third-order valence-corrected chi connectivity index (χ3v) is 7.11. The highest BCUT2D eigenvalue weighted by atomic mass is 32.2. The van der Waals surface area contributed by atoms with Gasteiger partial charge >= 0.3 is 0 Å². The van der Waals surface area contributed by atoms with Crippen molar-refractivity contribution >= 4 is 33.0 Å². The quantitative estimate of drug-likeness (QED) is 0.685. The Hall–Kier alpha value is -2.54. The summed E-state index contributed by atoms with van der Waals surface area (Å²) in [7, 11) is -3.65. The predicted octanol–water partition coefficient (Wildman–Crippen LogP) is 4.48. The third-order valence-electron chi connectivity index (χ3n) is 5.93. The lowest BCUT2D eigenvalue weighted by Gasteiger charge is -2.31. The molecule has 7 heteroatoms. The average molecular weight is 444 g/mol. The van der Waals surface area contributed by atoms with Crippen LogP contribution in [0.25, 0.3) is 0 Å². The zero-order chi connectivity index (χ0) is 22.6. The predicted molar refractivity (Wildman–Crippen MR) is 128 cm³/mol. The fraction of sp³-hybridized carbons (Fsp3) is 0.458. The Labute approximate surface area is 186 Å². The standard InChI is InChI=1S/C24H33N3O3S/c1-5-23(27(31(4,29)30)22-12-9-18(2)19(3)17-22)24(28)25-20-10-13-21(14-11-20)26-15-7-6-8-16-26/h9-14,17,23H,5-8,15-16H2,1-4H3,(H,25,28). The van der Waals surface area contributed by atoms with Gasteiger partial charge in [0.25, 0.3) is 0 Å². The van der Waals surface area contributed by atoms with Crippen molar-refractivity contribution in [3.05, 3.63) is 53.6 Å². The third kappa shape index (κ3) is 5.58. The number of amides is 1. The molecule has 0 bridgehead atoms. The van der Waals surface area contributed by atoms with Crippen LogP contribution in [0.2, 0.25) is 0 Å². The van der Waals surface area contributed by atoms with Crippen LogP contribution in [0.4, 0.5) is 17.1 Å². The molecule has 0 aromatic heterocycles. The smallest absolute Gasteiger partial charge is 0.248 e. The number of hydrogen-bond acceptors (Lipinski definition) is 4. The van der Waals surface area contributed by atoms with Gasteiger partial charge < -0.3 is 10.2 Å². The van der Waals surface area contributed by atoms with E-state index in [0.29, 0.717) is 17.8 Å². The van der Waals surface area contributed by atoms with Crippen LogP contribution in [0.15, 0.2) is 42.5 Å². The highest BCUT2D eigenvalue weighted by Gasteiger charge is 2.31. The van der Waals surface area contributed by atoms with Crippen LogP contribution in [0.5, 0.6) is 0 Å². The van der Waals surface area contributed by atoms with Gasteiger partial charge in [0.05, 0.1) is 11.9 Å². The molecule has 3 rings (SSSR count). The fourth-order valence-electron chi connectivity index (χ4n) is 4.06. The molecule has 1 amide bonds. The molecule has 0 spiro atoms. The number of benzene rings is 2.